The second-order valence-electron chi connectivity index (χ2n) is 4.17. The van der Waals surface area contributed by atoms with Gasteiger partial charge in [0.25, 0.3) is 0 Å². The van der Waals surface area contributed by atoms with Gasteiger partial charge in [-0.1, -0.05) is 13.0 Å². The van der Waals surface area contributed by atoms with Crippen LogP contribution < -0.4 is 4.74 Å². The summed E-state index contributed by atoms with van der Waals surface area (Å²) >= 11 is 0. The van der Waals surface area contributed by atoms with E-state index in [0.717, 1.165) is 11.3 Å². The fourth-order valence-electron chi connectivity index (χ4n) is 2.04. The first-order valence-corrected chi connectivity index (χ1v) is 5.28. The van der Waals surface area contributed by atoms with Crippen LogP contribution in [0.4, 0.5) is 0 Å². The van der Waals surface area contributed by atoms with Crippen molar-refractivity contribution < 1.29 is 9.84 Å². The average Bonchev–Trinajstić information content (AvgIpc) is 2.21. The summed E-state index contributed by atoms with van der Waals surface area (Å²) in [5.74, 6) is 1.05. The summed E-state index contributed by atoms with van der Waals surface area (Å²) in [6, 6.07) is 2.15. The van der Waals surface area contributed by atoms with Gasteiger partial charge in [-0.05, 0) is 37.5 Å². The number of ether oxygens (including phenoxy) is 1. The van der Waals surface area contributed by atoms with E-state index in [1.54, 1.807) is 7.11 Å². The molecular formula is C13H20O2. The number of hydrogen-bond donors (Lipinski definition) is 1. The topological polar surface area (TPSA) is 29.5 Å². The highest BCUT2D eigenvalue weighted by Gasteiger charge is 2.16. The first-order chi connectivity index (χ1) is 7.02. The van der Waals surface area contributed by atoms with Crippen molar-refractivity contribution in [2.24, 2.45) is 0 Å². The zero-order chi connectivity index (χ0) is 11.6. The number of aliphatic hydroxyl groups excluding tert-OH is 1. The molecule has 0 aliphatic rings. The van der Waals surface area contributed by atoms with Gasteiger partial charge < -0.3 is 9.84 Å². The maximum atomic E-state index is 9.24. The maximum absolute atomic E-state index is 9.24. The van der Waals surface area contributed by atoms with E-state index in [0.29, 0.717) is 0 Å². The molecule has 84 valence electrons. The van der Waals surface area contributed by atoms with E-state index < -0.39 is 0 Å². The lowest BCUT2D eigenvalue weighted by molar-refractivity contribution is 0.269. The summed E-state index contributed by atoms with van der Waals surface area (Å²) in [5, 5.41) is 9.24. The predicted octanol–water partition coefficient (Wildman–Crippen LogP) is 2.72. The van der Waals surface area contributed by atoms with Gasteiger partial charge in [0.05, 0.1) is 7.11 Å². The monoisotopic (exact) mass is 208 g/mol. The Morgan fingerprint density at radius 3 is 2.33 bits per heavy atom. The molecule has 0 saturated carbocycles. The zero-order valence-electron chi connectivity index (χ0n) is 10.2. The van der Waals surface area contributed by atoms with Crippen LogP contribution in [0.15, 0.2) is 6.07 Å². The predicted molar refractivity (Wildman–Crippen MR) is 62.7 cm³/mol. The van der Waals surface area contributed by atoms with Crippen molar-refractivity contribution in [3.8, 4) is 5.75 Å². The Balaban J connectivity index is 3.41. The molecule has 0 aromatic heterocycles. The number of hydrogen-bond acceptors (Lipinski definition) is 2. The highest BCUT2D eigenvalue weighted by atomic mass is 16.5. The van der Waals surface area contributed by atoms with Crippen molar-refractivity contribution in [1.82, 2.24) is 0 Å². The Hall–Kier alpha value is -1.02. The number of aliphatic hydroxyl groups is 1. The molecule has 0 aliphatic carbocycles. The molecule has 1 aromatic rings. The van der Waals surface area contributed by atoms with E-state index in [9.17, 15) is 5.11 Å². The number of methoxy groups -OCH3 is 1. The highest BCUT2D eigenvalue weighted by Crippen LogP contribution is 2.34. The summed E-state index contributed by atoms with van der Waals surface area (Å²) in [7, 11) is 1.69. The number of aryl methyl sites for hydroxylation is 2. The van der Waals surface area contributed by atoms with Gasteiger partial charge in [0, 0.05) is 18.1 Å². The second-order valence-corrected chi connectivity index (χ2v) is 4.17. The van der Waals surface area contributed by atoms with Crippen LogP contribution in [0, 0.1) is 20.8 Å². The molecule has 1 atom stereocenters. The molecule has 1 aromatic carbocycles. The molecule has 0 radical (unpaired) electrons. The zero-order valence-corrected chi connectivity index (χ0v) is 10.2. The van der Waals surface area contributed by atoms with E-state index in [-0.39, 0.29) is 12.5 Å². The van der Waals surface area contributed by atoms with E-state index in [2.05, 4.69) is 26.8 Å². The van der Waals surface area contributed by atoms with Crippen LogP contribution >= 0.6 is 0 Å². The van der Waals surface area contributed by atoms with E-state index in [1.807, 2.05) is 6.92 Å². The van der Waals surface area contributed by atoms with Gasteiger partial charge in [-0.25, -0.2) is 0 Å². The Bertz CT molecular complexity index is 356. The van der Waals surface area contributed by atoms with Gasteiger partial charge in [-0.15, -0.1) is 0 Å². The Morgan fingerprint density at radius 1 is 1.27 bits per heavy atom. The molecule has 0 amide bonds. The molecule has 0 heterocycles. The Morgan fingerprint density at radius 2 is 1.87 bits per heavy atom. The van der Waals surface area contributed by atoms with Crippen LogP contribution in [0.1, 0.15) is 35.1 Å². The lowest BCUT2D eigenvalue weighted by Crippen LogP contribution is -2.06. The summed E-state index contributed by atoms with van der Waals surface area (Å²) in [6.45, 7) is 8.37. The summed E-state index contributed by atoms with van der Waals surface area (Å²) < 4.78 is 5.45. The number of rotatable bonds is 3. The van der Waals surface area contributed by atoms with E-state index in [4.69, 9.17) is 4.74 Å². The first-order valence-electron chi connectivity index (χ1n) is 5.28. The van der Waals surface area contributed by atoms with Gasteiger partial charge in [0.1, 0.15) is 5.75 Å². The molecule has 2 nitrogen and oxygen atoms in total. The van der Waals surface area contributed by atoms with Crippen LogP contribution in [0.25, 0.3) is 0 Å². The van der Waals surface area contributed by atoms with Crippen LogP contribution in [-0.2, 0) is 0 Å². The molecule has 1 unspecified atom stereocenters. The molecule has 0 bridgehead atoms. The van der Waals surface area contributed by atoms with Gasteiger partial charge in [0.2, 0.25) is 0 Å². The maximum Gasteiger partial charge on any atom is 0.125 e. The lowest BCUT2D eigenvalue weighted by Gasteiger charge is -2.20. The number of benzene rings is 1. The van der Waals surface area contributed by atoms with Crippen LogP contribution in [0.3, 0.4) is 0 Å². The molecule has 0 saturated heterocycles. The Labute approximate surface area is 91.9 Å². The third kappa shape index (κ3) is 2.15. The Kier molecular flexibility index (Phi) is 3.75. The SMILES string of the molecule is COc1c(C)c(C)cc(C)c1C(C)CO. The van der Waals surface area contributed by atoms with Crippen molar-refractivity contribution in [2.75, 3.05) is 13.7 Å². The molecule has 0 fully saturated rings. The minimum atomic E-state index is 0.124. The summed E-state index contributed by atoms with van der Waals surface area (Å²) in [6.07, 6.45) is 0. The van der Waals surface area contributed by atoms with Crippen molar-refractivity contribution >= 4 is 0 Å². The van der Waals surface area contributed by atoms with Crippen molar-refractivity contribution in [3.63, 3.8) is 0 Å². The minimum Gasteiger partial charge on any atom is -0.496 e. The van der Waals surface area contributed by atoms with Crippen LogP contribution in [-0.4, -0.2) is 18.8 Å². The fourth-order valence-corrected chi connectivity index (χ4v) is 2.04. The quantitative estimate of drug-likeness (QED) is 0.827. The van der Waals surface area contributed by atoms with Gasteiger partial charge in [-0.2, -0.15) is 0 Å². The highest BCUT2D eigenvalue weighted by molar-refractivity contribution is 5.51. The first kappa shape index (κ1) is 12.1. The van der Waals surface area contributed by atoms with Crippen molar-refractivity contribution in [2.45, 2.75) is 33.6 Å². The molecule has 2 heteroatoms. The largest absolute Gasteiger partial charge is 0.496 e. The van der Waals surface area contributed by atoms with Gasteiger partial charge in [0.15, 0.2) is 0 Å². The molecular weight excluding hydrogens is 188 g/mol. The summed E-state index contributed by atoms with van der Waals surface area (Å²) in [5.41, 5.74) is 4.72. The summed E-state index contributed by atoms with van der Waals surface area (Å²) in [4.78, 5) is 0. The van der Waals surface area contributed by atoms with Crippen LogP contribution in [0.2, 0.25) is 0 Å². The van der Waals surface area contributed by atoms with Crippen molar-refractivity contribution in [3.05, 3.63) is 28.3 Å². The second kappa shape index (κ2) is 4.67. The van der Waals surface area contributed by atoms with Gasteiger partial charge >= 0.3 is 0 Å². The molecule has 0 aliphatic heterocycles. The minimum absolute atomic E-state index is 0.124. The standard InChI is InChI=1S/C13H20O2/c1-8-6-9(2)12(10(3)7-14)13(15-5)11(8)4/h6,10,14H,7H2,1-5H3. The van der Waals surface area contributed by atoms with E-state index in [1.165, 1.54) is 16.7 Å². The van der Waals surface area contributed by atoms with Crippen LogP contribution in [0.5, 0.6) is 5.75 Å². The molecule has 1 rings (SSSR count). The lowest BCUT2D eigenvalue weighted by atomic mass is 9.91. The fraction of sp³-hybridized carbons (Fsp3) is 0.538. The third-order valence-corrected chi connectivity index (χ3v) is 3.01. The van der Waals surface area contributed by atoms with E-state index >= 15 is 0 Å². The molecule has 1 N–H and O–H groups in total. The molecule has 15 heavy (non-hydrogen) atoms. The van der Waals surface area contributed by atoms with Crippen molar-refractivity contribution in [1.29, 1.82) is 0 Å². The molecule has 0 spiro atoms. The smallest absolute Gasteiger partial charge is 0.125 e. The average molecular weight is 208 g/mol. The van der Waals surface area contributed by atoms with Gasteiger partial charge in [-0.3, -0.25) is 0 Å². The normalized spacial score (nSPS) is 12.7. The third-order valence-electron chi connectivity index (χ3n) is 3.01.